The van der Waals surface area contributed by atoms with E-state index in [1.54, 1.807) is 30.3 Å². The Balaban J connectivity index is 1.80. The number of nitrogens with zero attached hydrogens (tertiary/aromatic N) is 1. The van der Waals surface area contributed by atoms with Crippen molar-refractivity contribution in [2.45, 2.75) is 6.92 Å². The molecule has 0 N–H and O–H groups in total. The molecule has 114 valence electrons. The van der Waals surface area contributed by atoms with Crippen LogP contribution in [0.5, 0.6) is 11.5 Å². The number of rotatable bonds is 4. The molecule has 0 fully saturated rings. The smallest absolute Gasteiger partial charge is 0.178 e. The lowest BCUT2D eigenvalue weighted by Crippen LogP contribution is -1.97. The Bertz CT molecular complexity index is 827. The highest BCUT2D eigenvalue weighted by Gasteiger charge is 2.05. The molecule has 0 aliphatic rings. The van der Waals surface area contributed by atoms with Gasteiger partial charge in [-0.3, -0.25) is 4.79 Å². The SMILES string of the molecule is CC(=O)c1cccc(-c2ccc(Oc3ccc(F)cc3)cc2)n1. The van der Waals surface area contributed by atoms with Gasteiger partial charge in [-0.2, -0.15) is 0 Å². The number of benzene rings is 2. The molecule has 23 heavy (non-hydrogen) atoms. The minimum atomic E-state index is -0.302. The molecule has 3 aromatic rings. The van der Waals surface area contributed by atoms with E-state index >= 15 is 0 Å². The lowest BCUT2D eigenvalue weighted by molar-refractivity contribution is 0.101. The van der Waals surface area contributed by atoms with E-state index in [1.165, 1.54) is 19.1 Å². The lowest BCUT2D eigenvalue weighted by atomic mass is 10.1. The Hall–Kier alpha value is -3.01. The van der Waals surface area contributed by atoms with E-state index in [4.69, 9.17) is 4.74 Å². The number of pyridine rings is 1. The van der Waals surface area contributed by atoms with Gasteiger partial charge in [-0.1, -0.05) is 6.07 Å². The predicted molar refractivity (Wildman–Crippen MR) is 86.2 cm³/mol. The zero-order chi connectivity index (χ0) is 16.2. The predicted octanol–water partition coefficient (Wildman–Crippen LogP) is 4.88. The highest BCUT2D eigenvalue weighted by Crippen LogP contribution is 2.25. The molecule has 3 nitrogen and oxygen atoms in total. The van der Waals surface area contributed by atoms with Crippen molar-refractivity contribution in [3.05, 3.63) is 78.2 Å². The van der Waals surface area contributed by atoms with Crippen LogP contribution in [0.1, 0.15) is 17.4 Å². The number of carbonyl (C=O) groups excluding carboxylic acids is 1. The molecule has 0 bridgehead atoms. The summed E-state index contributed by atoms with van der Waals surface area (Å²) in [5.74, 6) is 0.839. The molecule has 4 heteroatoms. The van der Waals surface area contributed by atoms with Crippen LogP contribution in [0.3, 0.4) is 0 Å². The summed E-state index contributed by atoms with van der Waals surface area (Å²) < 4.78 is 18.5. The maximum absolute atomic E-state index is 12.9. The Kier molecular flexibility index (Phi) is 4.15. The van der Waals surface area contributed by atoms with Gasteiger partial charge in [0.15, 0.2) is 5.78 Å². The first-order valence-electron chi connectivity index (χ1n) is 7.14. The van der Waals surface area contributed by atoms with Gasteiger partial charge in [-0.15, -0.1) is 0 Å². The van der Waals surface area contributed by atoms with Crippen LogP contribution in [0.25, 0.3) is 11.3 Å². The molecule has 1 heterocycles. The summed E-state index contributed by atoms with van der Waals surface area (Å²) in [5.41, 5.74) is 2.06. The van der Waals surface area contributed by atoms with Crippen molar-refractivity contribution in [3.63, 3.8) is 0 Å². The highest BCUT2D eigenvalue weighted by molar-refractivity contribution is 5.92. The number of Topliss-reactive ketones (excluding diaryl/α,β-unsaturated/α-hetero) is 1. The topological polar surface area (TPSA) is 39.2 Å². The quantitative estimate of drug-likeness (QED) is 0.645. The van der Waals surface area contributed by atoms with Crippen molar-refractivity contribution < 1.29 is 13.9 Å². The number of ketones is 1. The second-order valence-electron chi connectivity index (χ2n) is 5.04. The number of hydrogen-bond donors (Lipinski definition) is 0. The maximum atomic E-state index is 12.9. The number of ether oxygens (including phenoxy) is 1. The molecular formula is C19H14FNO2. The van der Waals surface area contributed by atoms with Gasteiger partial charge in [-0.25, -0.2) is 9.37 Å². The van der Waals surface area contributed by atoms with E-state index in [2.05, 4.69) is 4.98 Å². The van der Waals surface area contributed by atoms with Crippen LogP contribution in [0.2, 0.25) is 0 Å². The number of hydrogen-bond acceptors (Lipinski definition) is 3. The summed E-state index contributed by atoms with van der Waals surface area (Å²) in [5, 5.41) is 0. The molecule has 2 aromatic carbocycles. The first-order chi connectivity index (χ1) is 11.1. The van der Waals surface area contributed by atoms with Gasteiger partial charge in [0.2, 0.25) is 0 Å². The Morgan fingerprint density at radius 2 is 1.52 bits per heavy atom. The molecule has 0 atom stereocenters. The van der Waals surface area contributed by atoms with Gasteiger partial charge in [0.05, 0.1) is 5.69 Å². The third-order valence-electron chi connectivity index (χ3n) is 3.31. The lowest BCUT2D eigenvalue weighted by Gasteiger charge is -2.07. The fourth-order valence-electron chi connectivity index (χ4n) is 2.12. The number of aromatic nitrogens is 1. The van der Waals surface area contributed by atoms with Crippen LogP contribution in [0.4, 0.5) is 4.39 Å². The van der Waals surface area contributed by atoms with Crippen LogP contribution in [-0.4, -0.2) is 10.8 Å². The average Bonchev–Trinajstić information content (AvgIpc) is 2.58. The van der Waals surface area contributed by atoms with E-state index in [0.717, 1.165) is 11.3 Å². The minimum absolute atomic E-state index is 0.0666. The third kappa shape index (κ3) is 3.61. The largest absolute Gasteiger partial charge is 0.457 e. The van der Waals surface area contributed by atoms with E-state index in [0.29, 0.717) is 17.2 Å². The van der Waals surface area contributed by atoms with Gasteiger partial charge in [0, 0.05) is 12.5 Å². The summed E-state index contributed by atoms with van der Waals surface area (Å²) in [6, 6.07) is 18.5. The van der Waals surface area contributed by atoms with E-state index in [-0.39, 0.29) is 11.6 Å². The molecule has 0 aliphatic carbocycles. The van der Waals surface area contributed by atoms with E-state index in [9.17, 15) is 9.18 Å². The van der Waals surface area contributed by atoms with Crippen molar-refractivity contribution in [3.8, 4) is 22.8 Å². The molecule has 0 radical (unpaired) electrons. The Labute approximate surface area is 133 Å². The van der Waals surface area contributed by atoms with Crippen LogP contribution >= 0.6 is 0 Å². The second-order valence-corrected chi connectivity index (χ2v) is 5.04. The molecule has 0 saturated heterocycles. The van der Waals surface area contributed by atoms with Crippen LogP contribution in [0, 0.1) is 5.82 Å². The van der Waals surface area contributed by atoms with Crippen LogP contribution < -0.4 is 4.74 Å². The normalized spacial score (nSPS) is 10.3. The van der Waals surface area contributed by atoms with Crippen molar-refractivity contribution in [2.24, 2.45) is 0 Å². The number of carbonyl (C=O) groups is 1. The first-order valence-corrected chi connectivity index (χ1v) is 7.14. The van der Waals surface area contributed by atoms with Crippen molar-refractivity contribution in [2.75, 3.05) is 0 Å². The summed E-state index contributed by atoms with van der Waals surface area (Å²) in [4.78, 5) is 15.7. The van der Waals surface area contributed by atoms with Gasteiger partial charge in [0.25, 0.3) is 0 Å². The fourth-order valence-corrected chi connectivity index (χ4v) is 2.12. The van der Waals surface area contributed by atoms with Crippen molar-refractivity contribution >= 4 is 5.78 Å². The summed E-state index contributed by atoms with van der Waals surface area (Å²) in [6.45, 7) is 1.49. The zero-order valence-electron chi connectivity index (χ0n) is 12.5. The standard InChI is InChI=1S/C19H14FNO2/c1-13(22)18-3-2-4-19(21-18)14-5-9-16(10-6-14)23-17-11-7-15(20)8-12-17/h2-12H,1H3. The van der Waals surface area contributed by atoms with E-state index in [1.807, 2.05) is 24.3 Å². The molecule has 0 saturated carbocycles. The fraction of sp³-hybridized carbons (Fsp3) is 0.0526. The number of halogens is 1. The average molecular weight is 307 g/mol. The summed E-state index contributed by atoms with van der Waals surface area (Å²) in [6.07, 6.45) is 0. The maximum Gasteiger partial charge on any atom is 0.178 e. The van der Waals surface area contributed by atoms with Gasteiger partial charge in [0.1, 0.15) is 23.0 Å². The molecule has 0 unspecified atom stereocenters. The third-order valence-corrected chi connectivity index (χ3v) is 3.31. The Morgan fingerprint density at radius 3 is 2.13 bits per heavy atom. The van der Waals surface area contributed by atoms with Crippen LogP contribution in [-0.2, 0) is 0 Å². The second kappa shape index (κ2) is 6.40. The van der Waals surface area contributed by atoms with Gasteiger partial charge < -0.3 is 4.74 Å². The minimum Gasteiger partial charge on any atom is -0.457 e. The van der Waals surface area contributed by atoms with Gasteiger partial charge >= 0.3 is 0 Å². The van der Waals surface area contributed by atoms with Crippen molar-refractivity contribution in [1.29, 1.82) is 0 Å². The molecule has 0 aliphatic heterocycles. The highest BCUT2D eigenvalue weighted by atomic mass is 19.1. The molecule has 3 rings (SSSR count). The zero-order valence-corrected chi connectivity index (χ0v) is 12.5. The van der Waals surface area contributed by atoms with E-state index < -0.39 is 0 Å². The molecule has 1 aromatic heterocycles. The first kappa shape index (κ1) is 14.9. The Morgan fingerprint density at radius 1 is 0.913 bits per heavy atom. The van der Waals surface area contributed by atoms with Crippen LogP contribution in [0.15, 0.2) is 66.7 Å². The molecule has 0 amide bonds. The summed E-state index contributed by atoms with van der Waals surface area (Å²) in [7, 11) is 0. The molecular weight excluding hydrogens is 293 g/mol. The monoisotopic (exact) mass is 307 g/mol. The summed E-state index contributed by atoms with van der Waals surface area (Å²) >= 11 is 0. The van der Waals surface area contributed by atoms with Crippen molar-refractivity contribution in [1.82, 2.24) is 4.98 Å². The van der Waals surface area contributed by atoms with Gasteiger partial charge in [-0.05, 0) is 60.7 Å². The molecule has 0 spiro atoms.